The molecule has 24 heavy (non-hydrogen) atoms. The molecule has 0 radical (unpaired) electrons. The van der Waals surface area contributed by atoms with Gasteiger partial charge in [-0.2, -0.15) is 0 Å². The second-order valence-corrected chi connectivity index (χ2v) is 6.13. The topological polar surface area (TPSA) is 54.4 Å². The van der Waals surface area contributed by atoms with E-state index >= 15 is 0 Å². The van der Waals surface area contributed by atoms with Gasteiger partial charge in [-0.15, -0.1) is 0 Å². The molecule has 122 valence electrons. The Labute approximate surface area is 141 Å². The maximum absolute atomic E-state index is 10.4. The van der Waals surface area contributed by atoms with Crippen LogP contribution in [0.15, 0.2) is 60.8 Å². The van der Waals surface area contributed by atoms with Crippen molar-refractivity contribution in [1.82, 2.24) is 10.3 Å². The first kappa shape index (κ1) is 15.1. The minimum atomic E-state index is -0.561. The molecule has 0 spiro atoms. The van der Waals surface area contributed by atoms with E-state index < -0.39 is 6.10 Å². The Morgan fingerprint density at radius 3 is 2.88 bits per heavy atom. The van der Waals surface area contributed by atoms with Gasteiger partial charge in [0.25, 0.3) is 0 Å². The van der Waals surface area contributed by atoms with Gasteiger partial charge in [-0.3, -0.25) is 4.98 Å². The lowest BCUT2D eigenvalue weighted by Gasteiger charge is -2.31. The van der Waals surface area contributed by atoms with E-state index in [9.17, 15) is 5.11 Å². The summed E-state index contributed by atoms with van der Waals surface area (Å²) in [6.45, 7) is 1.10. The van der Waals surface area contributed by atoms with Crippen LogP contribution in [0.5, 0.6) is 5.75 Å². The standard InChI is InChI=1S/C20H20N2O2/c23-18-13-24-19-11-15-7-4-9-21-17(15)12-16(19)20(18)22-10-8-14-5-2-1-3-6-14/h1-7,9,11-12,18,20,22-23H,8,10,13H2/t18-,20?/m1/s1. The Kier molecular flexibility index (Phi) is 4.15. The summed E-state index contributed by atoms with van der Waals surface area (Å²) >= 11 is 0. The highest BCUT2D eigenvalue weighted by Gasteiger charge is 2.29. The fourth-order valence-corrected chi connectivity index (χ4v) is 3.22. The van der Waals surface area contributed by atoms with Crippen LogP contribution in [-0.4, -0.2) is 29.3 Å². The second kappa shape index (κ2) is 6.59. The van der Waals surface area contributed by atoms with Crippen molar-refractivity contribution in [3.8, 4) is 5.75 Å². The van der Waals surface area contributed by atoms with Gasteiger partial charge in [0.05, 0.1) is 11.6 Å². The van der Waals surface area contributed by atoms with Crippen molar-refractivity contribution in [2.24, 2.45) is 0 Å². The van der Waals surface area contributed by atoms with Crippen LogP contribution in [-0.2, 0) is 6.42 Å². The maximum Gasteiger partial charge on any atom is 0.125 e. The zero-order valence-electron chi connectivity index (χ0n) is 13.4. The smallest absolute Gasteiger partial charge is 0.125 e. The molecule has 0 saturated heterocycles. The van der Waals surface area contributed by atoms with Gasteiger partial charge < -0.3 is 15.2 Å². The summed E-state index contributed by atoms with van der Waals surface area (Å²) in [5.41, 5.74) is 3.18. The lowest BCUT2D eigenvalue weighted by atomic mass is 9.96. The van der Waals surface area contributed by atoms with E-state index in [2.05, 4.69) is 22.4 Å². The van der Waals surface area contributed by atoms with Gasteiger partial charge in [0.15, 0.2) is 0 Å². The third-order valence-electron chi connectivity index (χ3n) is 4.48. The number of nitrogens with one attached hydrogen (secondary N) is 1. The molecule has 4 rings (SSSR count). The molecule has 2 atom stereocenters. The number of nitrogens with zero attached hydrogens (tertiary/aromatic N) is 1. The van der Waals surface area contributed by atoms with E-state index in [0.29, 0.717) is 6.61 Å². The van der Waals surface area contributed by atoms with Crippen molar-refractivity contribution < 1.29 is 9.84 Å². The summed E-state index contributed by atoms with van der Waals surface area (Å²) in [7, 11) is 0. The Morgan fingerprint density at radius 1 is 1.12 bits per heavy atom. The van der Waals surface area contributed by atoms with Gasteiger partial charge in [0.2, 0.25) is 0 Å². The average Bonchev–Trinajstić information content (AvgIpc) is 2.63. The number of pyridine rings is 1. The Bertz CT molecular complexity index is 835. The molecule has 2 aromatic carbocycles. The SMILES string of the molecule is O[C@@H]1COc2cc3cccnc3cc2C1NCCc1ccccc1. The maximum atomic E-state index is 10.4. The van der Waals surface area contributed by atoms with Crippen molar-refractivity contribution in [2.75, 3.05) is 13.2 Å². The highest BCUT2D eigenvalue weighted by molar-refractivity contribution is 5.81. The predicted octanol–water partition coefficient (Wildman–Crippen LogP) is 2.86. The lowest BCUT2D eigenvalue weighted by molar-refractivity contribution is 0.0554. The van der Waals surface area contributed by atoms with Gasteiger partial charge in [-0.25, -0.2) is 0 Å². The molecule has 0 bridgehead atoms. The van der Waals surface area contributed by atoms with Gasteiger partial charge in [0.1, 0.15) is 18.5 Å². The number of hydrogen-bond acceptors (Lipinski definition) is 4. The molecular weight excluding hydrogens is 300 g/mol. The summed E-state index contributed by atoms with van der Waals surface area (Å²) in [6, 6.07) is 18.2. The Balaban J connectivity index is 1.56. The van der Waals surface area contributed by atoms with E-state index in [1.165, 1.54) is 5.56 Å². The fourth-order valence-electron chi connectivity index (χ4n) is 3.22. The normalized spacial score (nSPS) is 19.7. The number of fused-ring (bicyclic) bond motifs is 2. The van der Waals surface area contributed by atoms with Gasteiger partial charge in [0, 0.05) is 17.1 Å². The summed E-state index contributed by atoms with van der Waals surface area (Å²) in [6.07, 6.45) is 2.15. The average molecular weight is 320 g/mol. The quantitative estimate of drug-likeness (QED) is 0.776. The summed E-state index contributed by atoms with van der Waals surface area (Å²) < 4.78 is 5.72. The molecule has 0 aliphatic carbocycles. The number of aliphatic hydroxyl groups excluding tert-OH is 1. The van der Waals surface area contributed by atoms with Gasteiger partial charge >= 0.3 is 0 Å². The number of aromatic nitrogens is 1. The van der Waals surface area contributed by atoms with Crippen LogP contribution in [0, 0.1) is 0 Å². The van der Waals surface area contributed by atoms with E-state index in [1.807, 2.05) is 42.5 Å². The van der Waals surface area contributed by atoms with Crippen LogP contribution in [0.3, 0.4) is 0 Å². The van der Waals surface area contributed by atoms with Crippen molar-refractivity contribution in [1.29, 1.82) is 0 Å². The van der Waals surface area contributed by atoms with Crippen LogP contribution < -0.4 is 10.1 Å². The largest absolute Gasteiger partial charge is 0.490 e. The summed E-state index contributed by atoms with van der Waals surface area (Å²) in [5.74, 6) is 0.831. The van der Waals surface area contributed by atoms with Crippen LogP contribution in [0.1, 0.15) is 17.2 Å². The number of hydrogen-bond donors (Lipinski definition) is 2. The molecule has 2 heterocycles. The van der Waals surface area contributed by atoms with Crippen LogP contribution in [0.25, 0.3) is 10.9 Å². The predicted molar refractivity (Wildman–Crippen MR) is 94.1 cm³/mol. The van der Waals surface area contributed by atoms with Gasteiger partial charge in [-0.1, -0.05) is 36.4 Å². The molecule has 1 aliphatic rings. The highest BCUT2D eigenvalue weighted by Crippen LogP contribution is 2.35. The minimum Gasteiger partial charge on any atom is -0.490 e. The molecular formula is C20H20N2O2. The molecule has 1 aliphatic heterocycles. The van der Waals surface area contributed by atoms with E-state index in [4.69, 9.17) is 4.74 Å². The first-order valence-electron chi connectivity index (χ1n) is 8.28. The lowest BCUT2D eigenvalue weighted by Crippen LogP contribution is -2.40. The molecule has 2 N–H and O–H groups in total. The molecule has 3 aromatic rings. The first-order chi connectivity index (χ1) is 11.8. The van der Waals surface area contributed by atoms with Crippen molar-refractivity contribution in [3.05, 3.63) is 71.9 Å². The number of rotatable bonds is 4. The zero-order chi connectivity index (χ0) is 16.4. The number of benzene rings is 2. The fraction of sp³-hybridized carbons (Fsp3) is 0.250. The summed E-state index contributed by atoms with van der Waals surface area (Å²) in [5, 5.41) is 14.9. The molecule has 4 heteroatoms. The first-order valence-corrected chi connectivity index (χ1v) is 8.28. The zero-order valence-corrected chi connectivity index (χ0v) is 13.4. The number of aliphatic hydroxyl groups is 1. The summed E-state index contributed by atoms with van der Waals surface area (Å²) in [4.78, 5) is 4.41. The third kappa shape index (κ3) is 2.98. The van der Waals surface area contributed by atoms with Crippen molar-refractivity contribution in [3.63, 3.8) is 0 Å². The number of ether oxygens (including phenoxy) is 1. The molecule has 1 aromatic heterocycles. The molecule has 0 fully saturated rings. The van der Waals surface area contributed by atoms with E-state index in [-0.39, 0.29) is 6.04 Å². The van der Waals surface area contributed by atoms with Crippen LogP contribution in [0.2, 0.25) is 0 Å². The van der Waals surface area contributed by atoms with Crippen molar-refractivity contribution in [2.45, 2.75) is 18.6 Å². The molecule has 0 amide bonds. The molecule has 1 unspecified atom stereocenters. The van der Waals surface area contributed by atoms with Crippen LogP contribution >= 0.6 is 0 Å². The van der Waals surface area contributed by atoms with Crippen LogP contribution in [0.4, 0.5) is 0 Å². The van der Waals surface area contributed by atoms with Crippen molar-refractivity contribution >= 4 is 10.9 Å². The van der Waals surface area contributed by atoms with E-state index in [0.717, 1.165) is 35.2 Å². The van der Waals surface area contributed by atoms with Gasteiger partial charge in [-0.05, 0) is 36.7 Å². The minimum absolute atomic E-state index is 0.135. The highest BCUT2D eigenvalue weighted by atomic mass is 16.5. The third-order valence-corrected chi connectivity index (χ3v) is 4.48. The molecule has 0 saturated carbocycles. The Hall–Kier alpha value is -2.43. The Morgan fingerprint density at radius 2 is 2.00 bits per heavy atom. The second-order valence-electron chi connectivity index (χ2n) is 6.13. The molecule has 4 nitrogen and oxygen atoms in total. The monoisotopic (exact) mass is 320 g/mol. The van der Waals surface area contributed by atoms with E-state index in [1.54, 1.807) is 6.20 Å².